The summed E-state index contributed by atoms with van der Waals surface area (Å²) in [6.45, 7) is 10.7. The molecule has 0 aliphatic heterocycles. The molecular weight excluding hydrogens is 1060 g/mol. The van der Waals surface area contributed by atoms with Gasteiger partial charge in [-0.25, -0.2) is 29.5 Å². The monoisotopic (exact) mass is 1130 g/mol. The van der Waals surface area contributed by atoms with E-state index in [1.807, 2.05) is 43.6 Å². The summed E-state index contributed by atoms with van der Waals surface area (Å²) < 4.78 is 10.6. The zero-order chi connectivity index (χ0) is 57.0. The topological polar surface area (TPSA) is 322 Å². The lowest BCUT2D eigenvalue weighted by Crippen LogP contribution is -2.49. The number of hydrogen-bond donors (Lipinski definition) is 9. The number of aliphatic carboxylic acids is 1. The van der Waals surface area contributed by atoms with E-state index in [1.54, 1.807) is 62.7 Å². The van der Waals surface area contributed by atoms with Crippen LogP contribution in [0, 0.1) is 27.7 Å². The van der Waals surface area contributed by atoms with Crippen molar-refractivity contribution < 1.29 is 43.3 Å². The number of nitrogens with zero attached hydrogens (tertiary/aromatic N) is 6. The summed E-state index contributed by atoms with van der Waals surface area (Å²) in [4.78, 5) is 94.1. The van der Waals surface area contributed by atoms with Crippen LogP contribution < -0.4 is 31.9 Å². The molecule has 9 N–H and O–H groups in total. The first kappa shape index (κ1) is 59.0. The molecule has 0 spiro atoms. The van der Waals surface area contributed by atoms with Gasteiger partial charge >= 0.3 is 11.9 Å². The van der Waals surface area contributed by atoms with Gasteiger partial charge in [0.05, 0.1) is 73.7 Å². The Morgan fingerprint density at radius 2 is 1.05 bits per heavy atom. The average Bonchev–Trinajstić information content (AvgIpc) is 4.32. The van der Waals surface area contributed by atoms with Crippen LogP contribution in [-0.2, 0) is 31.9 Å². The summed E-state index contributed by atoms with van der Waals surface area (Å²) in [5, 5.41) is 46.3. The number of H-pyrrole nitrogens is 2. The number of benzene rings is 2. The third-order valence-electron chi connectivity index (χ3n) is 12.5. The second-order valence-corrected chi connectivity index (χ2v) is 20.1. The van der Waals surface area contributed by atoms with Crippen molar-refractivity contribution >= 4 is 91.9 Å². The molecule has 0 aliphatic carbocycles. The summed E-state index contributed by atoms with van der Waals surface area (Å²) in [6, 6.07) is 16.5. The van der Waals surface area contributed by atoms with Crippen LogP contribution in [0.5, 0.6) is 0 Å². The van der Waals surface area contributed by atoms with E-state index in [9.17, 15) is 33.9 Å². The summed E-state index contributed by atoms with van der Waals surface area (Å²) in [5.74, 6) is -3.00. The highest BCUT2D eigenvalue weighted by Crippen LogP contribution is 2.21. The second-order valence-electron chi connectivity index (χ2n) is 18.2. The maximum Gasteiger partial charge on any atom is 0.330 e. The fourth-order valence-corrected chi connectivity index (χ4v) is 9.79. The Kier molecular flexibility index (Phi) is 21.6. The van der Waals surface area contributed by atoms with Crippen LogP contribution in [0.25, 0.3) is 21.8 Å². The third-order valence-corrected chi connectivity index (χ3v) is 14.2. The van der Waals surface area contributed by atoms with Crippen LogP contribution in [0.15, 0.2) is 83.8 Å². The molecule has 23 nitrogen and oxygen atoms in total. The number of fused-ring (bicyclic) bond motifs is 2. The Balaban J connectivity index is 0.000000234. The van der Waals surface area contributed by atoms with E-state index in [0.717, 1.165) is 47.5 Å². The van der Waals surface area contributed by atoms with Crippen LogP contribution in [0.3, 0.4) is 0 Å². The Hall–Kier alpha value is -8.68. The number of nitrogens with one attached hydrogen (secondary N) is 8. The number of anilines is 2. The van der Waals surface area contributed by atoms with E-state index in [0.29, 0.717) is 77.2 Å². The maximum absolute atomic E-state index is 13.3. The normalized spacial score (nSPS) is 11.7. The number of amides is 4. The van der Waals surface area contributed by atoms with Gasteiger partial charge in [-0.2, -0.15) is 10.2 Å². The predicted molar refractivity (Wildman–Crippen MR) is 304 cm³/mol. The van der Waals surface area contributed by atoms with Gasteiger partial charge in [-0.3, -0.25) is 29.4 Å². The van der Waals surface area contributed by atoms with Gasteiger partial charge in [0.25, 0.3) is 23.6 Å². The van der Waals surface area contributed by atoms with Gasteiger partial charge < -0.3 is 46.5 Å². The van der Waals surface area contributed by atoms with E-state index < -0.39 is 41.7 Å². The number of carboxylic acid groups (broad SMARTS) is 1. The number of aromatic amines is 2. The Morgan fingerprint density at radius 1 is 0.588 bits per heavy atom. The first-order valence-electron chi connectivity index (χ1n) is 25.9. The van der Waals surface area contributed by atoms with E-state index in [4.69, 9.17) is 9.47 Å². The molecule has 6 heterocycles. The molecule has 0 saturated heterocycles. The van der Waals surface area contributed by atoms with Crippen molar-refractivity contribution in [1.82, 2.24) is 61.6 Å². The predicted octanol–water partition coefficient (Wildman–Crippen LogP) is 6.26. The largest absolute Gasteiger partial charge is 0.480 e. The Labute approximate surface area is 468 Å². The minimum Gasteiger partial charge on any atom is -0.480 e. The average molecular weight is 1130 g/mol. The number of carbonyl (C=O) groups excluding carboxylic acids is 5. The summed E-state index contributed by atoms with van der Waals surface area (Å²) >= 11 is 2.52. The Morgan fingerprint density at radius 3 is 1.49 bits per heavy atom. The molecule has 420 valence electrons. The molecular formula is C55H64N14O9S2. The highest BCUT2D eigenvalue weighted by Gasteiger charge is 2.28. The molecule has 0 fully saturated rings. The van der Waals surface area contributed by atoms with Crippen molar-refractivity contribution in [2.45, 2.75) is 78.8 Å². The van der Waals surface area contributed by atoms with E-state index in [1.165, 1.54) is 33.8 Å². The number of aromatic nitrogens is 8. The molecule has 25 heteroatoms. The summed E-state index contributed by atoms with van der Waals surface area (Å²) in [7, 11) is 0. The van der Waals surface area contributed by atoms with Crippen LogP contribution in [0.1, 0.15) is 100 Å². The van der Waals surface area contributed by atoms with Gasteiger partial charge in [-0.15, -0.1) is 22.7 Å². The molecule has 2 atom stereocenters. The highest BCUT2D eigenvalue weighted by atomic mass is 32.1. The summed E-state index contributed by atoms with van der Waals surface area (Å²) in [6.07, 6.45) is 7.56. The van der Waals surface area contributed by atoms with Gasteiger partial charge in [0.1, 0.15) is 12.1 Å². The van der Waals surface area contributed by atoms with E-state index in [-0.39, 0.29) is 36.7 Å². The maximum atomic E-state index is 13.3. The molecule has 2 aromatic carbocycles. The van der Waals surface area contributed by atoms with E-state index >= 15 is 0 Å². The molecule has 0 saturated carbocycles. The zero-order valence-electron chi connectivity index (χ0n) is 44.9. The quantitative estimate of drug-likeness (QED) is 0.0203. The van der Waals surface area contributed by atoms with Crippen molar-refractivity contribution in [1.29, 1.82) is 0 Å². The van der Waals surface area contributed by atoms with Crippen molar-refractivity contribution in [3.8, 4) is 0 Å². The number of rotatable bonds is 27. The smallest absolute Gasteiger partial charge is 0.330 e. The number of hydrogen-bond acceptors (Lipinski definition) is 18. The molecule has 8 rings (SSSR count). The van der Waals surface area contributed by atoms with Gasteiger partial charge in [0, 0.05) is 56.6 Å². The van der Waals surface area contributed by atoms with Crippen molar-refractivity contribution in [2.24, 2.45) is 0 Å². The third kappa shape index (κ3) is 16.4. The first-order chi connectivity index (χ1) is 38.7. The van der Waals surface area contributed by atoms with Gasteiger partial charge in [-0.05, 0) is 106 Å². The lowest BCUT2D eigenvalue weighted by atomic mass is 10.1. The lowest BCUT2D eigenvalue weighted by molar-refractivity contribution is -0.146. The van der Waals surface area contributed by atoms with E-state index in [2.05, 4.69) is 84.4 Å². The fraction of sp³-hybridized carbons (Fsp3) is 0.345. The SMILES string of the molecule is CCOCCCOC(=O)[C@H](CNC(=O)c1cccs1)NC(=O)c1c(C)nc(NCCCc2cccc3[nH]ncc23)nc1C.Cc1nc(NCCCc2cccc3[nH]ncc23)nc(C)c1C(=O)N[C@@H](CNC(=O)c1cccs1)C(=O)O. The minimum absolute atomic E-state index is 0.128. The van der Waals surface area contributed by atoms with Crippen molar-refractivity contribution in [3.05, 3.63) is 139 Å². The molecule has 0 unspecified atom stereocenters. The molecule has 0 radical (unpaired) electrons. The molecule has 80 heavy (non-hydrogen) atoms. The number of aryl methyl sites for hydroxylation is 6. The molecule has 4 amide bonds. The van der Waals surface area contributed by atoms with Gasteiger partial charge in [0.15, 0.2) is 0 Å². The van der Waals surface area contributed by atoms with Gasteiger partial charge in [0.2, 0.25) is 11.9 Å². The number of esters is 1. The molecule has 0 bridgehead atoms. The Bertz CT molecular complexity index is 3340. The van der Waals surface area contributed by atoms with Crippen molar-refractivity contribution in [3.63, 3.8) is 0 Å². The zero-order valence-corrected chi connectivity index (χ0v) is 46.6. The number of thiophene rings is 2. The second kappa shape index (κ2) is 29.3. The fourth-order valence-electron chi connectivity index (χ4n) is 8.51. The molecule has 6 aromatic heterocycles. The number of carbonyl (C=O) groups is 6. The highest BCUT2D eigenvalue weighted by molar-refractivity contribution is 7.12. The van der Waals surface area contributed by atoms with Crippen LogP contribution in [0.2, 0.25) is 0 Å². The number of carboxylic acids is 1. The van der Waals surface area contributed by atoms with Gasteiger partial charge in [-0.1, -0.05) is 36.4 Å². The molecule has 8 aromatic rings. The van der Waals surface area contributed by atoms with Crippen LogP contribution >= 0.6 is 22.7 Å². The lowest BCUT2D eigenvalue weighted by Gasteiger charge is -2.19. The minimum atomic E-state index is -1.31. The first-order valence-corrected chi connectivity index (χ1v) is 27.7. The summed E-state index contributed by atoms with van der Waals surface area (Å²) in [5.41, 5.74) is 6.65. The van der Waals surface area contributed by atoms with Crippen LogP contribution in [-0.4, -0.2) is 139 Å². The van der Waals surface area contributed by atoms with Crippen molar-refractivity contribution in [2.75, 3.05) is 56.6 Å². The molecule has 0 aliphatic rings. The standard InChI is InChI=1S/C30H37N7O5S.C25H27N7O4S/c1-4-41-14-8-15-42-29(40)24(18-32-27(38)25-12-7-16-43-25)36-28(39)26-19(2)34-30(35-20(26)3)31-13-6-10-21-9-5-11-23-22(21)17-33-37-23;1-14-21(23(34)31-19(24(35)36)13-27-22(33)20-9-5-11-37-20)15(2)30-25(29-14)26-10-4-7-16-6-3-8-18-17(16)12-28-32-18/h5,7,9,11-12,16-17,24H,4,6,8,10,13-15,18H2,1-3H3,(H,32,38)(H,33,37)(H,36,39)(H,31,34,35);3,5-6,8-9,11-12,19H,4,7,10,13H2,1-2H3,(H,27,33)(H,28,32)(H,31,34)(H,35,36)(H,26,29,30)/t24-;19-/m00/s1. The van der Waals surface area contributed by atoms with Crippen LogP contribution in [0.4, 0.5) is 11.9 Å². The number of ether oxygens (including phenoxy) is 2.